The first-order valence-electron chi connectivity index (χ1n) is 11.6. The molecular formula is C27H26F3N5O2S. The zero-order valence-electron chi connectivity index (χ0n) is 20.5. The molecule has 7 nitrogen and oxygen atoms in total. The SMILES string of the molecule is C=S(N)(=O)c1cccc(Nc2ncc(-c3ccc(OCC)cc3)c(NCc3cccc(C(F)(F)F)c3)n2)c1. The van der Waals surface area contributed by atoms with Crippen LogP contribution in [-0.2, 0) is 22.4 Å². The number of nitrogens with zero attached hydrogens (tertiary/aromatic N) is 2. The van der Waals surface area contributed by atoms with E-state index in [0.29, 0.717) is 39.9 Å². The Morgan fingerprint density at radius 2 is 1.79 bits per heavy atom. The molecule has 4 rings (SSSR count). The summed E-state index contributed by atoms with van der Waals surface area (Å²) in [5, 5.41) is 11.8. The van der Waals surface area contributed by atoms with Crippen molar-refractivity contribution in [2.75, 3.05) is 17.2 Å². The number of halogens is 3. The summed E-state index contributed by atoms with van der Waals surface area (Å²) in [7, 11) is -2.91. The zero-order valence-corrected chi connectivity index (χ0v) is 21.3. The molecule has 1 atom stereocenters. The summed E-state index contributed by atoms with van der Waals surface area (Å²) in [4.78, 5) is 9.34. The van der Waals surface area contributed by atoms with Gasteiger partial charge >= 0.3 is 6.18 Å². The highest BCUT2D eigenvalue weighted by Crippen LogP contribution is 2.31. The predicted molar refractivity (Wildman–Crippen MR) is 145 cm³/mol. The third kappa shape index (κ3) is 6.81. The minimum absolute atomic E-state index is 0.0939. The standard InChI is InChI=1S/C27H26F3N5O2S/c1-3-37-22-12-10-19(11-13-22)24-17-33-26(34-21-8-5-9-23(15-21)38(2,31)36)35-25(24)32-16-18-6-4-7-20(14-18)27(28,29)30/h4-15,17H,2-3,16H2,1H3,(H2,31,36)(H2,32,33,34,35). The van der Waals surface area contributed by atoms with Crippen LogP contribution < -0.4 is 20.5 Å². The molecule has 0 aliphatic carbocycles. The van der Waals surface area contributed by atoms with Crippen molar-refractivity contribution >= 4 is 33.0 Å². The van der Waals surface area contributed by atoms with E-state index < -0.39 is 21.4 Å². The maximum atomic E-state index is 13.2. The van der Waals surface area contributed by atoms with Crippen LogP contribution in [0.2, 0.25) is 0 Å². The van der Waals surface area contributed by atoms with Crippen LogP contribution in [0.5, 0.6) is 5.75 Å². The van der Waals surface area contributed by atoms with Crippen LogP contribution in [0, 0.1) is 0 Å². The summed E-state index contributed by atoms with van der Waals surface area (Å²) in [5.41, 5.74) is 1.68. The average Bonchev–Trinajstić information content (AvgIpc) is 2.88. The van der Waals surface area contributed by atoms with Crippen molar-refractivity contribution < 1.29 is 22.1 Å². The lowest BCUT2D eigenvalue weighted by molar-refractivity contribution is -0.137. The van der Waals surface area contributed by atoms with E-state index in [0.717, 1.165) is 17.7 Å². The lowest BCUT2D eigenvalue weighted by Gasteiger charge is -2.15. The lowest BCUT2D eigenvalue weighted by atomic mass is 10.1. The molecule has 4 N–H and O–H groups in total. The number of aromatic nitrogens is 2. The molecule has 0 fully saturated rings. The lowest BCUT2D eigenvalue weighted by Crippen LogP contribution is -2.12. The van der Waals surface area contributed by atoms with Gasteiger partial charge in [-0.2, -0.15) is 18.2 Å². The fourth-order valence-electron chi connectivity index (χ4n) is 3.65. The number of anilines is 3. The normalized spacial score (nSPS) is 13.0. The van der Waals surface area contributed by atoms with Gasteiger partial charge in [0.25, 0.3) is 0 Å². The van der Waals surface area contributed by atoms with Gasteiger partial charge in [-0.25, -0.2) is 9.19 Å². The smallest absolute Gasteiger partial charge is 0.416 e. The van der Waals surface area contributed by atoms with E-state index in [1.54, 1.807) is 36.5 Å². The van der Waals surface area contributed by atoms with Gasteiger partial charge in [-0.05, 0) is 66.4 Å². The van der Waals surface area contributed by atoms with E-state index in [9.17, 15) is 17.4 Å². The topological polar surface area (TPSA) is 102 Å². The van der Waals surface area contributed by atoms with Crippen molar-refractivity contribution in [3.05, 3.63) is 90.1 Å². The molecule has 0 aliphatic rings. The van der Waals surface area contributed by atoms with Crippen molar-refractivity contribution in [1.82, 2.24) is 9.97 Å². The van der Waals surface area contributed by atoms with Gasteiger partial charge in [-0.1, -0.05) is 30.3 Å². The fraction of sp³-hybridized carbons (Fsp3) is 0.148. The van der Waals surface area contributed by atoms with Crippen molar-refractivity contribution in [1.29, 1.82) is 0 Å². The summed E-state index contributed by atoms with van der Waals surface area (Å²) in [6, 6.07) is 19.0. The number of rotatable bonds is 9. The van der Waals surface area contributed by atoms with Gasteiger partial charge in [0.05, 0.1) is 21.9 Å². The van der Waals surface area contributed by atoms with Crippen molar-refractivity contribution in [3.8, 4) is 16.9 Å². The van der Waals surface area contributed by atoms with Crippen LogP contribution in [0.4, 0.5) is 30.6 Å². The van der Waals surface area contributed by atoms with Crippen LogP contribution in [0.1, 0.15) is 18.1 Å². The molecule has 0 bridgehead atoms. The van der Waals surface area contributed by atoms with Gasteiger partial charge in [0.1, 0.15) is 11.6 Å². The molecule has 38 heavy (non-hydrogen) atoms. The Kier molecular flexibility index (Phi) is 7.88. The van der Waals surface area contributed by atoms with Gasteiger partial charge in [0.2, 0.25) is 5.95 Å². The monoisotopic (exact) mass is 541 g/mol. The van der Waals surface area contributed by atoms with Crippen molar-refractivity contribution in [3.63, 3.8) is 0 Å². The molecule has 1 unspecified atom stereocenters. The number of alkyl halides is 3. The summed E-state index contributed by atoms with van der Waals surface area (Å²) >= 11 is 0. The van der Waals surface area contributed by atoms with Gasteiger partial charge in [0.15, 0.2) is 0 Å². The second-order valence-electron chi connectivity index (χ2n) is 8.34. The molecule has 0 aliphatic heterocycles. The first-order chi connectivity index (χ1) is 18.0. The number of nitrogens with two attached hydrogens (primary N) is 1. The Balaban J connectivity index is 1.66. The molecule has 0 spiro atoms. The van der Waals surface area contributed by atoms with Gasteiger partial charge in [-0.3, -0.25) is 5.14 Å². The Morgan fingerprint density at radius 3 is 2.47 bits per heavy atom. The van der Waals surface area contributed by atoms with E-state index in [2.05, 4.69) is 26.5 Å². The van der Waals surface area contributed by atoms with E-state index in [-0.39, 0.29) is 12.5 Å². The largest absolute Gasteiger partial charge is 0.494 e. The first-order valence-corrected chi connectivity index (χ1v) is 13.3. The fourth-order valence-corrected chi connectivity index (χ4v) is 4.28. The second-order valence-corrected chi connectivity index (χ2v) is 10.3. The Morgan fingerprint density at radius 1 is 1.05 bits per heavy atom. The quantitative estimate of drug-likeness (QED) is 0.229. The van der Waals surface area contributed by atoms with Crippen LogP contribution >= 0.6 is 0 Å². The molecule has 0 amide bonds. The third-order valence-electron chi connectivity index (χ3n) is 5.47. The van der Waals surface area contributed by atoms with Crippen LogP contribution in [-0.4, -0.2) is 26.7 Å². The van der Waals surface area contributed by atoms with Crippen molar-refractivity contribution in [2.45, 2.75) is 24.5 Å². The molecule has 198 valence electrons. The summed E-state index contributed by atoms with van der Waals surface area (Å²) in [5.74, 6) is 4.82. The Labute approximate surface area is 219 Å². The van der Waals surface area contributed by atoms with E-state index in [1.807, 2.05) is 31.2 Å². The molecule has 1 aromatic heterocycles. The maximum Gasteiger partial charge on any atom is 0.416 e. The number of hydrogen-bond acceptors (Lipinski definition) is 6. The highest BCUT2D eigenvalue weighted by Gasteiger charge is 2.30. The molecule has 4 aromatic rings. The molecule has 1 heterocycles. The number of benzene rings is 3. The van der Waals surface area contributed by atoms with Gasteiger partial charge < -0.3 is 15.4 Å². The molecule has 0 radical (unpaired) electrons. The highest BCUT2D eigenvalue weighted by atomic mass is 32.2. The molecular weight excluding hydrogens is 515 g/mol. The Hall–Kier alpha value is -4.09. The zero-order chi connectivity index (χ0) is 27.3. The van der Waals surface area contributed by atoms with Crippen LogP contribution in [0.3, 0.4) is 0 Å². The van der Waals surface area contributed by atoms with Gasteiger partial charge in [-0.15, -0.1) is 0 Å². The minimum atomic E-state index is -4.44. The predicted octanol–water partition coefficient (Wildman–Crippen LogP) is 5.87. The third-order valence-corrected chi connectivity index (χ3v) is 6.52. The number of nitrogens with one attached hydrogen (secondary N) is 2. The molecule has 0 saturated carbocycles. The summed E-state index contributed by atoms with van der Waals surface area (Å²) < 4.78 is 57.2. The second kappa shape index (κ2) is 11.1. The van der Waals surface area contributed by atoms with Gasteiger partial charge in [0, 0.05) is 28.9 Å². The van der Waals surface area contributed by atoms with E-state index in [4.69, 9.17) is 9.88 Å². The van der Waals surface area contributed by atoms with E-state index >= 15 is 0 Å². The van der Waals surface area contributed by atoms with Crippen LogP contribution in [0.25, 0.3) is 11.1 Å². The first kappa shape index (κ1) is 27.0. The Bertz CT molecular complexity index is 1520. The minimum Gasteiger partial charge on any atom is -0.494 e. The average molecular weight is 542 g/mol. The molecule has 3 aromatic carbocycles. The molecule has 11 heteroatoms. The number of hydrogen-bond donors (Lipinski definition) is 3. The summed E-state index contributed by atoms with van der Waals surface area (Å²) in [6.45, 7) is 2.51. The number of ether oxygens (including phenoxy) is 1. The van der Waals surface area contributed by atoms with Crippen LogP contribution in [0.15, 0.2) is 83.9 Å². The molecule has 0 saturated heterocycles. The van der Waals surface area contributed by atoms with E-state index in [1.165, 1.54) is 6.07 Å². The maximum absolute atomic E-state index is 13.2. The van der Waals surface area contributed by atoms with Crippen molar-refractivity contribution in [2.24, 2.45) is 5.14 Å². The summed E-state index contributed by atoms with van der Waals surface area (Å²) in [6.07, 6.45) is -2.83. The highest BCUT2D eigenvalue weighted by molar-refractivity contribution is 7.98.